The van der Waals surface area contributed by atoms with Crippen LogP contribution in [0, 0.1) is 0 Å². The van der Waals surface area contributed by atoms with Crippen LogP contribution in [0.5, 0.6) is 0 Å². The Balaban J connectivity index is 2.10. The lowest BCUT2D eigenvalue weighted by atomic mass is 9.87. The van der Waals surface area contributed by atoms with E-state index in [9.17, 15) is 4.79 Å². The zero-order chi connectivity index (χ0) is 11.2. The molecule has 0 N–H and O–H groups in total. The zero-order valence-corrected chi connectivity index (χ0v) is 8.97. The molecular formula is C13H12O3. The molecule has 2 aliphatic heterocycles. The highest BCUT2D eigenvalue weighted by molar-refractivity contribution is 5.86. The van der Waals surface area contributed by atoms with Gasteiger partial charge in [0.05, 0.1) is 6.61 Å². The highest BCUT2D eigenvalue weighted by atomic mass is 16.6. The van der Waals surface area contributed by atoms with Gasteiger partial charge in [-0.1, -0.05) is 30.3 Å². The van der Waals surface area contributed by atoms with E-state index in [0.717, 1.165) is 11.1 Å². The van der Waals surface area contributed by atoms with E-state index in [4.69, 9.17) is 9.47 Å². The average Bonchev–Trinajstić information content (AvgIpc) is 2.88. The summed E-state index contributed by atoms with van der Waals surface area (Å²) in [6.45, 7) is 2.16. The highest BCUT2D eigenvalue weighted by Crippen LogP contribution is 2.50. The molecule has 0 radical (unpaired) electrons. The van der Waals surface area contributed by atoms with Crippen LogP contribution in [0.1, 0.15) is 24.2 Å². The topological polar surface area (TPSA) is 35.5 Å². The Morgan fingerprint density at radius 2 is 2.31 bits per heavy atom. The van der Waals surface area contributed by atoms with Crippen molar-refractivity contribution in [1.82, 2.24) is 0 Å². The molecule has 3 heteroatoms. The van der Waals surface area contributed by atoms with Gasteiger partial charge in [0, 0.05) is 5.56 Å². The summed E-state index contributed by atoms with van der Waals surface area (Å²) in [5.41, 5.74) is 0.996. The Morgan fingerprint density at radius 1 is 1.50 bits per heavy atom. The highest BCUT2D eigenvalue weighted by Gasteiger charge is 2.53. The van der Waals surface area contributed by atoms with Gasteiger partial charge in [-0.3, -0.25) is 0 Å². The summed E-state index contributed by atoms with van der Waals surface area (Å²) in [7, 11) is 0. The van der Waals surface area contributed by atoms with Gasteiger partial charge < -0.3 is 9.47 Å². The normalized spacial score (nSPS) is 29.2. The summed E-state index contributed by atoms with van der Waals surface area (Å²) < 4.78 is 10.8. The summed E-state index contributed by atoms with van der Waals surface area (Å²) >= 11 is 0. The van der Waals surface area contributed by atoms with Crippen LogP contribution in [0.3, 0.4) is 0 Å². The van der Waals surface area contributed by atoms with E-state index < -0.39 is 5.60 Å². The Bertz CT molecular complexity index is 478. The second-order valence-electron chi connectivity index (χ2n) is 3.94. The maximum Gasteiger partial charge on any atom is 0.347 e. The zero-order valence-electron chi connectivity index (χ0n) is 8.97. The molecule has 0 aromatic heterocycles. The van der Waals surface area contributed by atoms with Gasteiger partial charge >= 0.3 is 5.97 Å². The van der Waals surface area contributed by atoms with Crippen LogP contribution in [-0.2, 0) is 19.9 Å². The summed E-state index contributed by atoms with van der Waals surface area (Å²) in [5, 5.41) is 0. The molecule has 3 nitrogen and oxygen atoms in total. The molecule has 2 heterocycles. The molecule has 1 aromatic carbocycles. The maximum atomic E-state index is 12.0. The van der Waals surface area contributed by atoms with Crippen LogP contribution in [0.4, 0.5) is 0 Å². The van der Waals surface area contributed by atoms with Crippen molar-refractivity contribution in [1.29, 1.82) is 0 Å². The minimum Gasteiger partial charge on any atom is -0.463 e. The van der Waals surface area contributed by atoms with Crippen molar-refractivity contribution in [2.75, 3.05) is 6.61 Å². The standard InChI is InChI=1S/C13H12O3/c1-2-15-12(14)13-8-7-11(16-13)9-5-3-4-6-10(9)13/h3-8,11H,2H2,1H3. The Hall–Kier alpha value is -1.61. The van der Waals surface area contributed by atoms with Crippen molar-refractivity contribution in [3.8, 4) is 0 Å². The van der Waals surface area contributed by atoms with Crippen LogP contribution in [0.25, 0.3) is 0 Å². The largest absolute Gasteiger partial charge is 0.463 e. The van der Waals surface area contributed by atoms with E-state index in [2.05, 4.69) is 0 Å². The smallest absolute Gasteiger partial charge is 0.347 e. The molecule has 0 fully saturated rings. The maximum absolute atomic E-state index is 12.0. The van der Waals surface area contributed by atoms with E-state index in [1.807, 2.05) is 30.3 Å². The number of esters is 1. The van der Waals surface area contributed by atoms with Gasteiger partial charge in [-0.25, -0.2) is 4.79 Å². The molecule has 1 aromatic rings. The lowest BCUT2D eigenvalue weighted by molar-refractivity contribution is -0.165. The lowest BCUT2D eigenvalue weighted by Gasteiger charge is -2.21. The summed E-state index contributed by atoms with van der Waals surface area (Å²) in [6, 6.07) is 7.79. The molecule has 2 unspecified atom stereocenters. The fourth-order valence-electron chi connectivity index (χ4n) is 2.37. The van der Waals surface area contributed by atoms with E-state index >= 15 is 0 Å². The molecule has 0 spiro atoms. The first-order valence-electron chi connectivity index (χ1n) is 5.42. The summed E-state index contributed by atoms with van der Waals surface area (Å²) in [5.74, 6) is -0.321. The first-order chi connectivity index (χ1) is 7.78. The van der Waals surface area contributed by atoms with Gasteiger partial charge in [0.1, 0.15) is 6.10 Å². The molecule has 0 amide bonds. The van der Waals surface area contributed by atoms with Gasteiger partial charge in [-0.15, -0.1) is 0 Å². The lowest BCUT2D eigenvalue weighted by Crippen LogP contribution is -2.33. The number of benzene rings is 1. The summed E-state index contributed by atoms with van der Waals surface area (Å²) in [4.78, 5) is 12.0. The van der Waals surface area contributed by atoms with Crippen molar-refractivity contribution in [3.63, 3.8) is 0 Å². The molecule has 2 atom stereocenters. The number of fused-ring (bicyclic) bond motifs is 5. The molecule has 3 rings (SSSR count). The number of hydrogen-bond donors (Lipinski definition) is 0. The third kappa shape index (κ3) is 1.04. The van der Waals surface area contributed by atoms with E-state index in [1.165, 1.54) is 0 Å². The number of ether oxygens (including phenoxy) is 2. The fraction of sp³-hybridized carbons (Fsp3) is 0.308. The predicted octanol–water partition coefficient (Wildman–Crippen LogP) is 2.09. The van der Waals surface area contributed by atoms with E-state index in [0.29, 0.717) is 6.61 Å². The summed E-state index contributed by atoms with van der Waals surface area (Å²) in [6.07, 6.45) is 3.62. The molecule has 0 saturated heterocycles. The van der Waals surface area contributed by atoms with Crippen LogP contribution < -0.4 is 0 Å². The predicted molar refractivity (Wildman–Crippen MR) is 57.7 cm³/mol. The quantitative estimate of drug-likeness (QED) is 0.561. The molecule has 2 bridgehead atoms. The molecular weight excluding hydrogens is 204 g/mol. The Morgan fingerprint density at radius 3 is 3.12 bits per heavy atom. The first kappa shape index (κ1) is 9.60. The number of rotatable bonds is 2. The third-order valence-electron chi connectivity index (χ3n) is 3.06. The molecule has 0 aliphatic carbocycles. The second kappa shape index (κ2) is 3.19. The second-order valence-corrected chi connectivity index (χ2v) is 3.94. The number of carbonyl (C=O) groups is 1. The van der Waals surface area contributed by atoms with Crippen molar-refractivity contribution in [3.05, 3.63) is 47.5 Å². The minimum absolute atomic E-state index is 0.0967. The third-order valence-corrected chi connectivity index (χ3v) is 3.06. The van der Waals surface area contributed by atoms with Crippen molar-refractivity contribution >= 4 is 5.97 Å². The number of carbonyl (C=O) groups excluding carboxylic acids is 1. The van der Waals surface area contributed by atoms with E-state index in [1.54, 1.807) is 13.0 Å². The van der Waals surface area contributed by atoms with Crippen LogP contribution >= 0.6 is 0 Å². The van der Waals surface area contributed by atoms with Gasteiger partial charge in [0.25, 0.3) is 0 Å². The van der Waals surface area contributed by atoms with Crippen molar-refractivity contribution < 1.29 is 14.3 Å². The Kier molecular flexibility index (Phi) is 1.91. The monoisotopic (exact) mass is 216 g/mol. The Labute approximate surface area is 93.7 Å². The van der Waals surface area contributed by atoms with Gasteiger partial charge in [0.2, 0.25) is 5.60 Å². The fourth-order valence-corrected chi connectivity index (χ4v) is 2.37. The van der Waals surface area contributed by atoms with Gasteiger partial charge in [-0.05, 0) is 18.6 Å². The van der Waals surface area contributed by atoms with Crippen LogP contribution in [-0.4, -0.2) is 12.6 Å². The molecule has 2 aliphatic rings. The van der Waals surface area contributed by atoms with Crippen molar-refractivity contribution in [2.24, 2.45) is 0 Å². The van der Waals surface area contributed by atoms with E-state index in [-0.39, 0.29) is 12.1 Å². The first-order valence-corrected chi connectivity index (χ1v) is 5.42. The van der Waals surface area contributed by atoms with Gasteiger partial charge in [-0.2, -0.15) is 0 Å². The van der Waals surface area contributed by atoms with Crippen molar-refractivity contribution in [2.45, 2.75) is 18.6 Å². The van der Waals surface area contributed by atoms with Crippen LogP contribution in [0.15, 0.2) is 36.4 Å². The average molecular weight is 216 g/mol. The minimum atomic E-state index is -0.989. The van der Waals surface area contributed by atoms with Crippen LogP contribution in [0.2, 0.25) is 0 Å². The SMILES string of the molecule is CCOC(=O)C12C=CC(O1)c1ccccc12. The molecule has 82 valence electrons. The molecule has 16 heavy (non-hydrogen) atoms. The van der Waals surface area contributed by atoms with Gasteiger partial charge in [0.15, 0.2) is 0 Å². The molecule has 0 saturated carbocycles. The number of hydrogen-bond acceptors (Lipinski definition) is 3.